The fourth-order valence-electron chi connectivity index (χ4n) is 2.97. The summed E-state index contributed by atoms with van der Waals surface area (Å²) in [7, 11) is 1.66. The van der Waals surface area contributed by atoms with E-state index >= 15 is 0 Å². The first-order chi connectivity index (χ1) is 14.8. The van der Waals surface area contributed by atoms with Crippen LogP contribution in [0.15, 0.2) is 88.4 Å². The van der Waals surface area contributed by atoms with Crippen molar-refractivity contribution in [2.24, 2.45) is 0 Å². The predicted octanol–water partition coefficient (Wildman–Crippen LogP) is 5.98. The molecule has 0 fully saturated rings. The minimum Gasteiger partial charge on any atom is -0.497 e. The number of methoxy groups -OCH3 is 1. The largest absolute Gasteiger partial charge is 0.497 e. The van der Waals surface area contributed by atoms with E-state index in [0.717, 1.165) is 31.4 Å². The van der Waals surface area contributed by atoms with Crippen LogP contribution in [0.4, 0.5) is 0 Å². The van der Waals surface area contributed by atoms with Crippen LogP contribution in [0.1, 0.15) is 0 Å². The zero-order chi connectivity index (χ0) is 20.3. The van der Waals surface area contributed by atoms with Crippen molar-refractivity contribution in [2.45, 2.75) is 9.50 Å². The van der Waals surface area contributed by atoms with Crippen LogP contribution in [-0.2, 0) is 0 Å². The lowest BCUT2D eigenvalue weighted by atomic mass is 10.2. The summed E-state index contributed by atoms with van der Waals surface area (Å²) < 4.78 is 7.28. The van der Waals surface area contributed by atoms with Crippen LogP contribution >= 0.6 is 23.1 Å². The van der Waals surface area contributed by atoms with Crippen molar-refractivity contribution in [3.63, 3.8) is 0 Å². The Bertz CT molecular complexity index is 1250. The zero-order valence-electron chi connectivity index (χ0n) is 16.0. The molecule has 0 aliphatic carbocycles. The molecule has 7 heteroatoms. The van der Waals surface area contributed by atoms with Gasteiger partial charge in [-0.15, -0.1) is 11.3 Å². The first kappa shape index (κ1) is 18.7. The van der Waals surface area contributed by atoms with E-state index in [0.29, 0.717) is 16.8 Å². The highest BCUT2D eigenvalue weighted by Crippen LogP contribution is 2.35. The summed E-state index contributed by atoms with van der Waals surface area (Å²) in [5.74, 6) is 2.09. The van der Waals surface area contributed by atoms with E-state index in [1.165, 1.54) is 11.8 Å². The fraction of sp³-hybridized carbons (Fsp3) is 0.0435. The molecule has 2 heterocycles. The smallest absolute Gasteiger partial charge is 0.198 e. The molecule has 0 unspecified atom stereocenters. The van der Waals surface area contributed by atoms with E-state index in [-0.39, 0.29) is 0 Å². The van der Waals surface area contributed by atoms with Crippen LogP contribution in [0, 0.1) is 0 Å². The number of nitrogens with zero attached hydrogens (tertiary/aromatic N) is 4. The average molecular weight is 429 g/mol. The molecule has 5 rings (SSSR count). The Labute approximate surface area is 181 Å². The summed E-state index contributed by atoms with van der Waals surface area (Å²) in [5.41, 5.74) is 2.81. The van der Waals surface area contributed by atoms with Crippen LogP contribution in [0.25, 0.3) is 33.0 Å². The Morgan fingerprint density at radius 3 is 1.97 bits per heavy atom. The highest BCUT2D eigenvalue weighted by molar-refractivity contribution is 8.01. The molecule has 0 bridgehead atoms. The molecule has 0 saturated heterocycles. The molecule has 0 N–H and O–H groups in total. The summed E-state index contributed by atoms with van der Waals surface area (Å²) in [6, 6.07) is 25.8. The molecule has 5 nitrogen and oxygen atoms in total. The van der Waals surface area contributed by atoms with Crippen LogP contribution < -0.4 is 4.74 Å². The number of benzene rings is 3. The molecular weight excluding hydrogens is 412 g/mol. The molecule has 0 aliphatic heterocycles. The van der Waals surface area contributed by atoms with Crippen molar-refractivity contribution in [1.29, 1.82) is 0 Å². The summed E-state index contributed by atoms with van der Waals surface area (Å²) in [5, 5.41) is 0.619. The molecule has 0 atom stereocenters. The Kier molecular flexibility index (Phi) is 5.13. The Morgan fingerprint density at radius 1 is 0.733 bits per heavy atom. The molecule has 0 saturated carbocycles. The second-order valence-corrected chi connectivity index (χ2v) is 8.66. The maximum atomic E-state index is 5.30. The number of thiazole rings is 1. The summed E-state index contributed by atoms with van der Waals surface area (Å²) in [6.45, 7) is 0. The molecule has 0 radical (unpaired) electrons. The minimum atomic E-state index is 0.619. The fourth-order valence-corrected chi connectivity index (χ4v) is 4.87. The van der Waals surface area contributed by atoms with Gasteiger partial charge in [0, 0.05) is 17.2 Å². The first-order valence-corrected chi connectivity index (χ1v) is 10.9. The van der Waals surface area contributed by atoms with Gasteiger partial charge in [0.05, 0.1) is 17.3 Å². The number of aromatic nitrogens is 4. The minimum absolute atomic E-state index is 0.619. The van der Waals surface area contributed by atoms with Crippen LogP contribution in [-0.4, -0.2) is 27.0 Å². The van der Waals surface area contributed by atoms with E-state index in [1.807, 2.05) is 78.9 Å². The van der Waals surface area contributed by atoms with Crippen molar-refractivity contribution in [3.05, 3.63) is 78.9 Å². The molecule has 0 spiro atoms. The van der Waals surface area contributed by atoms with Gasteiger partial charge in [-0.25, -0.2) is 19.9 Å². The Morgan fingerprint density at radius 2 is 1.37 bits per heavy atom. The van der Waals surface area contributed by atoms with Crippen molar-refractivity contribution < 1.29 is 4.74 Å². The lowest BCUT2D eigenvalue weighted by Gasteiger charge is -2.06. The molecular formula is C23H16N4OS2. The number of hydrogen-bond donors (Lipinski definition) is 0. The Hall–Kier alpha value is -3.29. The van der Waals surface area contributed by atoms with Gasteiger partial charge in [0.2, 0.25) is 0 Å². The normalized spacial score (nSPS) is 11.0. The predicted molar refractivity (Wildman–Crippen MR) is 121 cm³/mol. The number of fused-ring (bicyclic) bond motifs is 1. The third-order valence-electron chi connectivity index (χ3n) is 4.43. The zero-order valence-corrected chi connectivity index (χ0v) is 17.7. The quantitative estimate of drug-likeness (QED) is 0.343. The van der Waals surface area contributed by atoms with Gasteiger partial charge in [-0.2, -0.15) is 0 Å². The van der Waals surface area contributed by atoms with Gasteiger partial charge in [0.15, 0.2) is 21.1 Å². The van der Waals surface area contributed by atoms with Crippen molar-refractivity contribution in [2.75, 3.05) is 7.11 Å². The third kappa shape index (κ3) is 3.90. The lowest BCUT2D eigenvalue weighted by molar-refractivity contribution is 0.415. The Balaban J connectivity index is 1.57. The van der Waals surface area contributed by atoms with Crippen LogP contribution in [0.2, 0.25) is 0 Å². The third-order valence-corrected chi connectivity index (χ3v) is 6.39. The molecule has 146 valence electrons. The van der Waals surface area contributed by atoms with E-state index < -0.39 is 0 Å². The van der Waals surface area contributed by atoms with Gasteiger partial charge in [0.1, 0.15) is 5.75 Å². The first-order valence-electron chi connectivity index (χ1n) is 9.28. The lowest BCUT2D eigenvalue weighted by Crippen LogP contribution is -1.98. The van der Waals surface area contributed by atoms with Gasteiger partial charge < -0.3 is 4.74 Å². The topological polar surface area (TPSA) is 60.8 Å². The molecule has 0 aliphatic rings. The summed E-state index contributed by atoms with van der Waals surface area (Å²) >= 11 is 3.06. The standard InChI is InChI=1S/C23H16N4OS2/c1-28-17-12-13-19-18(14-17)24-23(29-19)30-22-26-20(15-8-4-2-5-9-15)25-21(27-22)16-10-6-3-7-11-16/h2-14H,1H3. The molecule has 2 aromatic heterocycles. The average Bonchev–Trinajstić information content (AvgIpc) is 3.21. The number of hydrogen-bond acceptors (Lipinski definition) is 7. The van der Waals surface area contributed by atoms with E-state index in [4.69, 9.17) is 24.7 Å². The van der Waals surface area contributed by atoms with E-state index in [1.54, 1.807) is 18.4 Å². The van der Waals surface area contributed by atoms with Crippen LogP contribution in [0.5, 0.6) is 5.75 Å². The molecule has 0 amide bonds. The van der Waals surface area contributed by atoms with E-state index in [2.05, 4.69) is 0 Å². The second-order valence-electron chi connectivity index (χ2n) is 6.41. The van der Waals surface area contributed by atoms with Crippen molar-refractivity contribution in [3.8, 4) is 28.5 Å². The van der Waals surface area contributed by atoms with Crippen molar-refractivity contribution in [1.82, 2.24) is 19.9 Å². The second kappa shape index (κ2) is 8.22. The molecule has 3 aromatic carbocycles. The van der Waals surface area contributed by atoms with Gasteiger partial charge in [-0.05, 0) is 23.9 Å². The SMILES string of the molecule is COc1ccc2sc(Sc3nc(-c4ccccc4)nc(-c4ccccc4)n3)nc2c1. The molecule has 5 aromatic rings. The van der Waals surface area contributed by atoms with Gasteiger partial charge >= 0.3 is 0 Å². The van der Waals surface area contributed by atoms with Gasteiger partial charge in [-0.3, -0.25) is 0 Å². The van der Waals surface area contributed by atoms with Crippen LogP contribution in [0.3, 0.4) is 0 Å². The highest BCUT2D eigenvalue weighted by Gasteiger charge is 2.14. The van der Waals surface area contributed by atoms with Gasteiger partial charge in [-0.1, -0.05) is 60.7 Å². The summed E-state index contributed by atoms with van der Waals surface area (Å²) in [4.78, 5) is 18.9. The van der Waals surface area contributed by atoms with Gasteiger partial charge in [0.25, 0.3) is 0 Å². The maximum Gasteiger partial charge on any atom is 0.198 e. The monoisotopic (exact) mass is 428 g/mol. The number of ether oxygens (including phenoxy) is 1. The van der Waals surface area contributed by atoms with E-state index in [9.17, 15) is 0 Å². The van der Waals surface area contributed by atoms with Crippen molar-refractivity contribution >= 4 is 33.3 Å². The number of rotatable bonds is 5. The maximum absolute atomic E-state index is 5.30. The highest BCUT2D eigenvalue weighted by atomic mass is 32.2. The molecule has 30 heavy (non-hydrogen) atoms. The summed E-state index contributed by atoms with van der Waals surface area (Å²) in [6.07, 6.45) is 0.